The van der Waals surface area contributed by atoms with E-state index in [0.717, 1.165) is 52.4 Å². The van der Waals surface area contributed by atoms with Crippen LogP contribution in [0.5, 0.6) is 0 Å². The Morgan fingerprint density at radius 1 is 0.917 bits per heavy atom. The van der Waals surface area contributed by atoms with E-state index < -0.39 is 5.91 Å². The molecule has 3 heterocycles. The van der Waals surface area contributed by atoms with Crippen LogP contribution in [0.1, 0.15) is 21.0 Å². The van der Waals surface area contributed by atoms with E-state index in [4.69, 9.17) is 5.73 Å². The van der Waals surface area contributed by atoms with Crippen molar-refractivity contribution in [3.8, 4) is 0 Å². The zero-order valence-corrected chi connectivity index (χ0v) is 13.4. The second-order valence-corrected chi connectivity index (χ2v) is 5.65. The Morgan fingerprint density at radius 2 is 1.38 bits per heavy atom. The van der Waals surface area contributed by atoms with Crippen LogP contribution in [0, 0.1) is 0 Å². The lowest BCUT2D eigenvalue weighted by Crippen LogP contribution is -2.64. The monoisotopic (exact) mass is 334 g/mol. The van der Waals surface area contributed by atoms with Crippen molar-refractivity contribution in [2.24, 2.45) is 5.73 Å². The summed E-state index contributed by atoms with van der Waals surface area (Å²) in [5, 5.41) is 12.3. The van der Waals surface area contributed by atoms with Gasteiger partial charge in [0.05, 0.1) is 12.4 Å². The first-order chi connectivity index (χ1) is 11.7. The van der Waals surface area contributed by atoms with Crippen LogP contribution in [-0.4, -0.2) is 89.3 Å². The number of nitrogens with zero attached hydrogens (tertiary/aromatic N) is 5. The molecule has 2 aliphatic rings. The molecule has 10 heteroatoms. The third-order valence-electron chi connectivity index (χ3n) is 4.03. The summed E-state index contributed by atoms with van der Waals surface area (Å²) in [6.07, 6.45) is 2.54. The summed E-state index contributed by atoms with van der Waals surface area (Å²) in [6, 6.07) is 0. The molecule has 1 aromatic heterocycles. The maximum absolute atomic E-state index is 13.0. The van der Waals surface area contributed by atoms with Crippen molar-refractivity contribution < 1.29 is 9.59 Å². The largest absolute Gasteiger partial charge is 0.364 e. The zero-order valence-electron chi connectivity index (χ0n) is 13.4. The fourth-order valence-electron chi connectivity index (χ4n) is 2.79. The van der Waals surface area contributed by atoms with Crippen LogP contribution in [-0.2, 0) is 0 Å². The van der Waals surface area contributed by atoms with Crippen molar-refractivity contribution in [2.75, 3.05) is 52.4 Å². The normalized spacial score (nSPS) is 19.8. The lowest BCUT2D eigenvalue weighted by molar-refractivity contribution is -0.155. The summed E-state index contributed by atoms with van der Waals surface area (Å²) in [6.45, 7) is 6.24. The van der Waals surface area contributed by atoms with Crippen molar-refractivity contribution in [3.63, 3.8) is 0 Å². The minimum atomic E-state index is -0.664. The van der Waals surface area contributed by atoms with Gasteiger partial charge in [-0.1, -0.05) is 0 Å². The fraction of sp³-hybridized carbons (Fsp3) is 0.571. The minimum Gasteiger partial charge on any atom is -0.364 e. The Hall–Kier alpha value is -2.14. The van der Waals surface area contributed by atoms with E-state index >= 15 is 0 Å². The second-order valence-electron chi connectivity index (χ2n) is 5.65. The molecule has 10 nitrogen and oxygen atoms in total. The fourth-order valence-corrected chi connectivity index (χ4v) is 2.79. The predicted molar refractivity (Wildman–Crippen MR) is 85.6 cm³/mol. The van der Waals surface area contributed by atoms with Crippen LogP contribution in [0.4, 0.5) is 0 Å². The summed E-state index contributed by atoms with van der Waals surface area (Å²) in [4.78, 5) is 32.1. The number of nitrogens with one attached hydrogen (secondary N) is 2. The van der Waals surface area contributed by atoms with Gasteiger partial charge in [-0.25, -0.2) is 20.0 Å². The number of hydrazine groups is 2. The third kappa shape index (κ3) is 3.67. The molecular weight excluding hydrogens is 312 g/mol. The van der Waals surface area contributed by atoms with E-state index in [1.807, 2.05) is 10.0 Å². The molecule has 0 unspecified atom stereocenters. The van der Waals surface area contributed by atoms with E-state index in [9.17, 15) is 9.59 Å². The number of nitrogens with two attached hydrogens (primary N) is 1. The molecule has 1 aromatic rings. The molecule has 0 radical (unpaired) electrons. The molecular formula is C14H22N8O2. The highest BCUT2D eigenvalue weighted by Crippen LogP contribution is 2.12. The molecule has 0 spiro atoms. The van der Waals surface area contributed by atoms with Gasteiger partial charge in [-0.2, -0.15) is 5.12 Å². The molecule has 3 rings (SSSR count). The highest BCUT2D eigenvalue weighted by atomic mass is 16.2. The van der Waals surface area contributed by atoms with Gasteiger partial charge in [-0.05, 0) is 0 Å². The Kier molecular flexibility index (Phi) is 5.30. The minimum absolute atomic E-state index is 0.0439. The van der Waals surface area contributed by atoms with Gasteiger partial charge < -0.3 is 16.4 Å². The first-order valence-electron chi connectivity index (χ1n) is 8.04. The summed E-state index contributed by atoms with van der Waals surface area (Å²) < 4.78 is 0. The molecule has 2 amide bonds. The molecule has 0 atom stereocenters. The Bertz CT molecular complexity index is 563. The van der Waals surface area contributed by atoms with Gasteiger partial charge in [0.1, 0.15) is 11.4 Å². The van der Waals surface area contributed by atoms with E-state index in [2.05, 4.69) is 20.6 Å². The van der Waals surface area contributed by atoms with E-state index in [0.29, 0.717) is 0 Å². The number of piperazine rings is 2. The molecule has 0 bridgehead atoms. The van der Waals surface area contributed by atoms with Crippen molar-refractivity contribution in [2.45, 2.75) is 0 Å². The van der Waals surface area contributed by atoms with E-state index in [1.54, 1.807) is 5.12 Å². The first kappa shape index (κ1) is 16.7. The number of hydrogen-bond donors (Lipinski definition) is 3. The lowest BCUT2D eigenvalue weighted by Gasteiger charge is -2.44. The Balaban J connectivity index is 1.82. The maximum Gasteiger partial charge on any atom is 0.303 e. The van der Waals surface area contributed by atoms with Gasteiger partial charge in [0.2, 0.25) is 0 Å². The molecule has 2 saturated heterocycles. The molecule has 130 valence electrons. The van der Waals surface area contributed by atoms with Gasteiger partial charge in [0.25, 0.3) is 5.91 Å². The highest BCUT2D eigenvalue weighted by Gasteiger charge is 2.31. The number of amides is 2. The Morgan fingerprint density at radius 3 is 1.79 bits per heavy atom. The van der Waals surface area contributed by atoms with Gasteiger partial charge in [-0.3, -0.25) is 9.59 Å². The maximum atomic E-state index is 13.0. The number of aromatic nitrogens is 2. The quantitative estimate of drug-likeness (QED) is 0.560. The third-order valence-corrected chi connectivity index (χ3v) is 4.03. The van der Waals surface area contributed by atoms with Crippen LogP contribution in [0.25, 0.3) is 0 Å². The molecule has 4 N–H and O–H groups in total. The van der Waals surface area contributed by atoms with Gasteiger partial charge in [-0.15, -0.1) is 0 Å². The molecule has 0 aromatic carbocycles. The topological polar surface area (TPSA) is 120 Å². The number of carbonyl (C=O) groups excluding carboxylic acids is 2. The second kappa shape index (κ2) is 7.62. The van der Waals surface area contributed by atoms with Crippen LogP contribution >= 0.6 is 0 Å². The summed E-state index contributed by atoms with van der Waals surface area (Å²) in [7, 11) is 0. The first-order valence-corrected chi connectivity index (χ1v) is 8.04. The van der Waals surface area contributed by atoms with E-state index in [-0.39, 0.29) is 17.3 Å². The van der Waals surface area contributed by atoms with Crippen molar-refractivity contribution in [1.29, 1.82) is 0 Å². The van der Waals surface area contributed by atoms with Crippen molar-refractivity contribution >= 4 is 11.8 Å². The van der Waals surface area contributed by atoms with Crippen LogP contribution in [0.2, 0.25) is 0 Å². The summed E-state index contributed by atoms with van der Waals surface area (Å²) in [5.41, 5.74) is 5.40. The van der Waals surface area contributed by atoms with Crippen LogP contribution in [0.3, 0.4) is 0 Å². The number of hydrogen-bond acceptors (Lipinski definition) is 8. The number of primary amides is 1. The van der Waals surface area contributed by atoms with Gasteiger partial charge >= 0.3 is 5.91 Å². The molecule has 0 aliphatic carbocycles. The molecule has 24 heavy (non-hydrogen) atoms. The van der Waals surface area contributed by atoms with E-state index in [1.165, 1.54) is 12.4 Å². The SMILES string of the molecule is NC(=O)c1cnc(C(=O)N(N2CCNCC2)N2CCNCC2)cn1. The number of carbonyl (C=O) groups is 2. The Labute approximate surface area is 139 Å². The predicted octanol–water partition coefficient (Wildman–Crippen LogP) is -2.34. The standard InChI is InChI=1S/C14H22N8O2/c15-13(23)11-9-19-12(10-18-11)14(24)22(20-5-1-16-2-6-20)21-7-3-17-4-8-21/h9-10,16-17H,1-8H2,(H2,15,23). The lowest BCUT2D eigenvalue weighted by atomic mass is 10.3. The zero-order chi connectivity index (χ0) is 16.9. The van der Waals surface area contributed by atoms with Crippen molar-refractivity contribution in [1.82, 2.24) is 35.7 Å². The van der Waals surface area contributed by atoms with Crippen LogP contribution < -0.4 is 16.4 Å². The average Bonchev–Trinajstić information content (AvgIpc) is 2.64. The molecule has 2 aliphatic heterocycles. The summed E-state index contributed by atoms with van der Waals surface area (Å²) >= 11 is 0. The molecule has 0 saturated carbocycles. The van der Waals surface area contributed by atoms with Crippen molar-refractivity contribution in [3.05, 3.63) is 23.8 Å². The number of rotatable bonds is 4. The molecule has 2 fully saturated rings. The highest BCUT2D eigenvalue weighted by molar-refractivity contribution is 5.93. The summed E-state index contributed by atoms with van der Waals surface area (Å²) in [5.74, 6) is -0.912. The van der Waals surface area contributed by atoms with Gasteiger partial charge in [0.15, 0.2) is 0 Å². The van der Waals surface area contributed by atoms with Gasteiger partial charge in [0, 0.05) is 52.4 Å². The smallest absolute Gasteiger partial charge is 0.303 e. The average molecular weight is 334 g/mol. The van der Waals surface area contributed by atoms with Crippen LogP contribution in [0.15, 0.2) is 12.4 Å².